The van der Waals surface area contributed by atoms with E-state index in [9.17, 15) is 53.7 Å². The number of aryl methyl sites for hydroxylation is 4. The van der Waals surface area contributed by atoms with Gasteiger partial charge in [-0.15, -0.1) is 45.3 Å². The maximum absolute atomic E-state index is 13.6. The molecule has 3 aliphatic carbocycles. The van der Waals surface area contributed by atoms with E-state index in [2.05, 4.69) is 112 Å². The molecule has 3 saturated carbocycles. The van der Waals surface area contributed by atoms with Crippen LogP contribution in [-0.2, 0) is 4.74 Å². The minimum atomic E-state index is -0.517. The van der Waals surface area contributed by atoms with Crippen molar-refractivity contribution < 1.29 is 58.4 Å². The Morgan fingerprint density at radius 3 is 0.885 bits per heavy atom. The van der Waals surface area contributed by atoms with Crippen LogP contribution in [0, 0.1) is 27.7 Å². The molecular formula is C95H128N20O12S4. The third-order valence-electron chi connectivity index (χ3n) is 26.5. The van der Waals surface area contributed by atoms with E-state index >= 15 is 0 Å². The van der Waals surface area contributed by atoms with E-state index in [0.717, 1.165) is 176 Å². The zero-order valence-corrected chi connectivity index (χ0v) is 81.4. The molecule has 0 radical (unpaired) electrons. The Bertz CT molecular complexity index is 5350. The molecule has 10 N–H and O–H groups in total. The van der Waals surface area contributed by atoms with Gasteiger partial charge in [-0.1, -0.05) is 13.8 Å². The third kappa shape index (κ3) is 22.1. The molecule has 1 spiro atoms. The smallest absolute Gasteiger partial charge is 0.283 e. The number of thiazole rings is 4. The molecule has 6 saturated heterocycles. The van der Waals surface area contributed by atoms with Gasteiger partial charge in [0.15, 0.2) is 20.0 Å². The maximum Gasteiger partial charge on any atom is 0.283 e. The fourth-order valence-electron chi connectivity index (χ4n) is 17.5. The van der Waals surface area contributed by atoms with Crippen molar-refractivity contribution in [2.75, 3.05) is 67.1 Å². The Balaban J connectivity index is 0.000000141. The van der Waals surface area contributed by atoms with Crippen LogP contribution < -0.4 is 37.2 Å². The summed E-state index contributed by atoms with van der Waals surface area (Å²) < 4.78 is 5.66. The van der Waals surface area contributed by atoms with Crippen LogP contribution in [0.1, 0.15) is 296 Å². The van der Waals surface area contributed by atoms with Crippen LogP contribution in [0.3, 0.4) is 0 Å². The predicted octanol–water partition coefficient (Wildman–Crippen LogP) is 14.0. The minimum absolute atomic E-state index is 0.0982. The van der Waals surface area contributed by atoms with Crippen molar-refractivity contribution in [3.8, 4) is 41.8 Å². The fraction of sp³-hybridized carbons (Fsp3) is 0.579. The number of aliphatic hydroxyl groups is 3. The van der Waals surface area contributed by atoms with Gasteiger partial charge in [0.1, 0.15) is 51.6 Å². The number of hydrogen-bond acceptors (Lipinski definition) is 28. The summed E-state index contributed by atoms with van der Waals surface area (Å²) in [5, 5.41) is 52.4. The van der Waals surface area contributed by atoms with Crippen molar-refractivity contribution in [2.24, 2.45) is 0 Å². The Morgan fingerprint density at radius 1 is 0.405 bits per heavy atom. The van der Waals surface area contributed by atoms with E-state index in [-0.39, 0.29) is 122 Å². The Morgan fingerprint density at radius 2 is 0.672 bits per heavy atom. The molecule has 17 rings (SSSR count). The van der Waals surface area contributed by atoms with Gasteiger partial charge in [0, 0.05) is 128 Å². The summed E-state index contributed by atoms with van der Waals surface area (Å²) in [5.41, 5.74) is 8.27. The van der Waals surface area contributed by atoms with Crippen molar-refractivity contribution in [3.05, 3.63) is 114 Å². The normalized spacial score (nSPS) is 22.6. The van der Waals surface area contributed by atoms with Gasteiger partial charge in [0.05, 0.1) is 75.6 Å². The standard InChI is InChI=1S/C25H33N5O3S.C24H33N5O3S.2C23H31N5O3S/c1-5-16(3)27-19-11-15(2)18(12-26-19)21-20(23(31)30-9-6-7-17(30)4)28-22(34-21)24(32)29-13-25(14-29)8-10-33-25;1-5-14(3)26-19-11-13(2)16(12-25-19)21-20(24(32)29-10-6-7-15(29)4)28-23(33-21)22(31)27-17-8-9-18(17)30;2*1-12(2)25-18-10-13(3)15(11-24-18)20-19(23(31)28-9-5-6-14(28)4)27-22(32-20)21(30)26-16-7-8-17(16)29/h11-12,16-17H,5-10,13-14H2,1-4H3,(H,26,27);11-12,14-15,17-18,30H,5-10H2,1-4H3,(H,25,26)(H,27,31);2*10-12,14,16-17,29H,5-9H2,1-4H3,(H,24,25)(H,26,30)/t16-,17+;14-,15+,17-,18+;14-,16?,17?;14-,16+,17-/m1100/s1. The first-order valence-electron chi connectivity index (χ1n) is 46.7. The summed E-state index contributed by atoms with van der Waals surface area (Å²) in [5.74, 6) is 1.43. The number of hydrogen-bond donors (Lipinski definition) is 10. The lowest BCUT2D eigenvalue weighted by Crippen LogP contribution is -2.69. The van der Waals surface area contributed by atoms with Crippen molar-refractivity contribution in [1.29, 1.82) is 0 Å². The molecule has 12 atom stereocenters. The first-order valence-corrected chi connectivity index (χ1v) is 49.9. The molecule has 8 amide bonds. The summed E-state index contributed by atoms with van der Waals surface area (Å²) in [6, 6.07) is 8.86. The van der Waals surface area contributed by atoms with Crippen LogP contribution in [-0.4, -0.2) is 263 Å². The van der Waals surface area contributed by atoms with Crippen LogP contribution in [0.4, 0.5) is 23.3 Å². The van der Waals surface area contributed by atoms with Crippen LogP contribution in [0.15, 0.2) is 49.1 Å². The van der Waals surface area contributed by atoms with Crippen molar-refractivity contribution in [1.82, 2.24) is 80.3 Å². The lowest BCUT2D eigenvalue weighted by molar-refractivity contribution is -0.209. The van der Waals surface area contributed by atoms with Crippen LogP contribution in [0.25, 0.3) is 41.8 Å². The number of pyridine rings is 4. The van der Waals surface area contributed by atoms with Gasteiger partial charge in [-0.3, -0.25) is 38.4 Å². The lowest BCUT2D eigenvalue weighted by atomic mass is 9.86. The summed E-state index contributed by atoms with van der Waals surface area (Å²) >= 11 is 4.93. The number of aliphatic hydroxyl groups excluding tert-OH is 3. The number of ether oxygens (including phenoxy) is 1. The molecular weight excluding hydrogens is 1740 g/mol. The van der Waals surface area contributed by atoms with E-state index in [0.29, 0.717) is 106 Å². The third-order valence-corrected chi connectivity index (χ3v) is 30.9. The van der Waals surface area contributed by atoms with Gasteiger partial charge in [-0.2, -0.15) is 0 Å². The van der Waals surface area contributed by atoms with Crippen LogP contribution >= 0.6 is 45.3 Å². The van der Waals surface area contributed by atoms with Gasteiger partial charge in [-0.05, 0) is 246 Å². The summed E-state index contributed by atoms with van der Waals surface area (Å²) in [6.07, 6.45) is 20.6. The van der Waals surface area contributed by atoms with E-state index in [1.54, 1.807) is 29.7 Å². The number of rotatable bonds is 25. The zero-order valence-electron chi connectivity index (χ0n) is 78.1. The number of carbonyl (C=O) groups excluding carboxylic acids is 8. The molecule has 8 aromatic heterocycles. The molecule has 14 heterocycles. The number of aromatic nitrogens is 8. The number of nitrogens with one attached hydrogen (secondary N) is 7. The first kappa shape index (κ1) is 97.0. The molecule has 36 heteroatoms. The van der Waals surface area contributed by atoms with Gasteiger partial charge < -0.3 is 81.8 Å². The van der Waals surface area contributed by atoms with Crippen molar-refractivity contribution >= 4 is 116 Å². The highest BCUT2D eigenvalue weighted by atomic mass is 32.1. The summed E-state index contributed by atoms with van der Waals surface area (Å²) in [4.78, 5) is 154. The Labute approximate surface area is 783 Å². The number of nitrogens with zero attached hydrogens (tertiary/aromatic N) is 13. The Kier molecular flexibility index (Phi) is 31.1. The number of anilines is 4. The average molecular weight is 1870 g/mol. The largest absolute Gasteiger partial charge is 0.391 e. The van der Waals surface area contributed by atoms with Gasteiger partial charge in [0.2, 0.25) is 0 Å². The van der Waals surface area contributed by atoms with Crippen LogP contribution in [0.5, 0.6) is 0 Å². The highest BCUT2D eigenvalue weighted by Crippen LogP contribution is 2.44. The van der Waals surface area contributed by atoms with Crippen molar-refractivity contribution in [3.63, 3.8) is 0 Å². The molecule has 8 aromatic rings. The second-order valence-corrected chi connectivity index (χ2v) is 41.4. The van der Waals surface area contributed by atoms with Gasteiger partial charge >= 0.3 is 0 Å². The molecule has 0 aromatic carbocycles. The molecule has 2 unspecified atom stereocenters. The zero-order chi connectivity index (χ0) is 93.7. The van der Waals surface area contributed by atoms with E-state index in [4.69, 9.17) is 4.74 Å². The van der Waals surface area contributed by atoms with Gasteiger partial charge in [0.25, 0.3) is 47.3 Å². The molecule has 9 fully saturated rings. The molecule has 32 nitrogen and oxygen atoms in total. The molecule has 6 aliphatic heterocycles. The highest BCUT2D eigenvalue weighted by molar-refractivity contribution is 7.18. The first-order chi connectivity index (χ1) is 62.6. The average Bonchev–Trinajstić information content (AvgIpc) is 1.67. The minimum Gasteiger partial charge on any atom is -0.391 e. The van der Waals surface area contributed by atoms with E-state index in [1.807, 2.05) is 120 Å². The molecule has 0 bridgehead atoms. The van der Waals surface area contributed by atoms with E-state index < -0.39 is 18.3 Å². The summed E-state index contributed by atoms with van der Waals surface area (Å²) in [7, 11) is 0. The summed E-state index contributed by atoms with van der Waals surface area (Å²) in [6.45, 7) is 37.6. The highest BCUT2D eigenvalue weighted by Gasteiger charge is 2.52. The second-order valence-electron chi connectivity index (χ2n) is 37.4. The monoisotopic (exact) mass is 1870 g/mol. The predicted molar refractivity (Wildman–Crippen MR) is 512 cm³/mol. The maximum atomic E-state index is 13.6. The number of amides is 8. The SMILES string of the molecule is CC[C@@H](C)Nc1cc(C)c(-c2sc(C(=O)N3CC4(CCO4)C3)nc2C(=O)N2CCC[C@@H]2C)cn1.CC[C@@H](C)Nc1cc(C)c(-c2sc(C(=O)N[C@@H]3CC[C@@H]3O)nc2C(=O)N2CCC[C@@H]2C)cn1.Cc1cc(NC(C)C)ncc1-c1sc(C(=O)NC2CCC2O)nc1C(=O)N1CCC[C@@H]1C.Cc1cc(NC(C)C)ncc1-c1sc(C(=O)N[C@@H]2CC[C@@H]2O)nc1C(=O)N1CCC[C@@H]1C. The Hall–Kier alpha value is -10.1. The number of likely N-dealkylation sites (tertiary alicyclic amines) is 5. The molecule has 131 heavy (non-hydrogen) atoms. The fourth-order valence-corrected chi connectivity index (χ4v) is 21.7. The van der Waals surface area contributed by atoms with Crippen molar-refractivity contribution in [2.45, 2.75) is 310 Å². The lowest BCUT2D eigenvalue weighted by Gasteiger charge is -2.54. The number of carbonyl (C=O) groups is 8. The van der Waals surface area contributed by atoms with E-state index in [1.165, 1.54) is 45.3 Å². The van der Waals surface area contributed by atoms with Crippen LogP contribution in [0.2, 0.25) is 0 Å². The van der Waals surface area contributed by atoms with Gasteiger partial charge in [-0.25, -0.2) is 39.9 Å². The quantitative estimate of drug-likeness (QED) is 0.0254. The molecule has 9 aliphatic rings. The molecule has 704 valence electrons. The topological polar surface area (TPSA) is 410 Å². The second kappa shape index (κ2) is 42.0.